The van der Waals surface area contributed by atoms with Gasteiger partial charge in [-0.25, -0.2) is 9.67 Å². The highest BCUT2D eigenvalue weighted by Crippen LogP contribution is 2.32. The number of nitro groups is 1. The fraction of sp³-hybridized carbons (Fsp3) is 0. The molecule has 0 aliphatic carbocycles. The summed E-state index contributed by atoms with van der Waals surface area (Å²) >= 11 is 13.2. The maximum Gasteiger partial charge on any atom is 0.312 e. The Hall–Kier alpha value is -3.40. The number of furan rings is 1. The van der Waals surface area contributed by atoms with Gasteiger partial charge in [0.1, 0.15) is 5.69 Å². The lowest BCUT2D eigenvalue weighted by Crippen LogP contribution is -2.11. The maximum atomic E-state index is 11.2. The minimum absolute atomic E-state index is 0.0840. The van der Waals surface area contributed by atoms with E-state index in [1.165, 1.54) is 34.6 Å². The van der Waals surface area contributed by atoms with E-state index in [9.17, 15) is 15.2 Å². The Balaban J connectivity index is 1.85. The second kappa shape index (κ2) is 8.76. The molecule has 1 N–H and O–H groups in total. The van der Waals surface area contributed by atoms with Gasteiger partial charge in [0.15, 0.2) is 5.76 Å². The molecule has 2 aromatic carbocycles. The summed E-state index contributed by atoms with van der Waals surface area (Å²) in [6.07, 6.45) is 2.80. The fourth-order valence-electron chi connectivity index (χ4n) is 2.67. The maximum absolute atomic E-state index is 11.2. The first-order valence-corrected chi connectivity index (χ1v) is 10.3. The van der Waals surface area contributed by atoms with Gasteiger partial charge in [-0.3, -0.25) is 10.1 Å². The molecule has 0 aliphatic rings. The third kappa shape index (κ3) is 4.53. The van der Waals surface area contributed by atoms with Crippen LogP contribution in [-0.4, -0.2) is 20.9 Å². The summed E-state index contributed by atoms with van der Waals surface area (Å²) in [5.41, 5.74) is 0.833. The molecule has 0 unspecified atom stereocenters. The Morgan fingerprint density at radius 2 is 1.94 bits per heavy atom. The molecule has 4 rings (SSSR count). The highest BCUT2D eigenvalue weighted by atomic mass is 35.5. The molecule has 0 saturated carbocycles. The average Bonchev–Trinajstić information content (AvgIpc) is 3.40. The van der Waals surface area contributed by atoms with E-state index < -0.39 is 16.4 Å². The molecule has 2 heterocycles. The van der Waals surface area contributed by atoms with E-state index in [0.717, 1.165) is 6.07 Å². The number of thiazole rings is 1. The van der Waals surface area contributed by atoms with Crippen LogP contribution in [0.2, 0.25) is 10.0 Å². The van der Waals surface area contributed by atoms with Crippen LogP contribution in [0.3, 0.4) is 0 Å². The molecule has 0 spiro atoms. The molecular weight excluding hydrogens is 463 g/mol. The van der Waals surface area contributed by atoms with Gasteiger partial charge in [0.25, 0.3) is 0 Å². The Bertz CT molecular complexity index is 1340. The molecule has 4 aromatic rings. The van der Waals surface area contributed by atoms with Crippen LogP contribution >= 0.6 is 34.5 Å². The standard InChI is InChI=1S/C20H12Cl2N4O4S/c21-13-3-5-15(6-4-13)24-20-25(17(11-31-20)18-2-1-7-30-18)23-10-12-8-14(22)9-16(19(12)27)26(28)29/h1-11,27H. The smallest absolute Gasteiger partial charge is 0.312 e. The van der Waals surface area contributed by atoms with E-state index >= 15 is 0 Å². The van der Waals surface area contributed by atoms with Crippen molar-refractivity contribution in [1.82, 2.24) is 4.68 Å². The van der Waals surface area contributed by atoms with E-state index in [0.29, 0.717) is 27.0 Å². The number of aromatic hydroxyl groups is 1. The number of benzene rings is 2. The molecule has 0 fully saturated rings. The van der Waals surface area contributed by atoms with E-state index in [4.69, 9.17) is 27.6 Å². The molecule has 8 nitrogen and oxygen atoms in total. The summed E-state index contributed by atoms with van der Waals surface area (Å²) in [4.78, 5) is 15.5. The zero-order valence-electron chi connectivity index (χ0n) is 15.5. The van der Waals surface area contributed by atoms with Crippen LogP contribution in [0, 0.1) is 10.1 Å². The number of phenolic OH excluding ortho intramolecular Hbond substituents is 1. The summed E-state index contributed by atoms with van der Waals surface area (Å²) in [6.45, 7) is 0. The zero-order valence-corrected chi connectivity index (χ0v) is 17.8. The number of halogens is 2. The lowest BCUT2D eigenvalue weighted by molar-refractivity contribution is -0.385. The second-order valence-corrected chi connectivity index (χ2v) is 7.85. The second-order valence-electron chi connectivity index (χ2n) is 6.15. The van der Waals surface area contributed by atoms with Gasteiger partial charge < -0.3 is 9.52 Å². The first kappa shape index (κ1) is 20.9. The molecule has 11 heteroatoms. The Morgan fingerprint density at radius 3 is 2.61 bits per heavy atom. The molecule has 31 heavy (non-hydrogen) atoms. The largest absolute Gasteiger partial charge is 0.502 e. The highest BCUT2D eigenvalue weighted by Gasteiger charge is 2.18. The molecule has 0 amide bonds. The molecule has 0 radical (unpaired) electrons. The predicted molar refractivity (Wildman–Crippen MR) is 119 cm³/mol. The molecule has 0 atom stereocenters. The fourth-order valence-corrected chi connectivity index (χ4v) is 3.86. The first-order valence-electron chi connectivity index (χ1n) is 8.68. The van der Waals surface area contributed by atoms with E-state index in [-0.39, 0.29) is 10.6 Å². The van der Waals surface area contributed by atoms with Crippen LogP contribution < -0.4 is 4.80 Å². The third-order valence-electron chi connectivity index (χ3n) is 4.10. The minimum atomic E-state index is -0.716. The van der Waals surface area contributed by atoms with Crippen LogP contribution in [-0.2, 0) is 0 Å². The summed E-state index contributed by atoms with van der Waals surface area (Å²) < 4.78 is 6.98. The molecule has 2 aromatic heterocycles. The van der Waals surface area contributed by atoms with E-state index in [2.05, 4.69) is 10.1 Å². The average molecular weight is 475 g/mol. The van der Waals surface area contributed by atoms with Gasteiger partial charge in [0.05, 0.1) is 23.1 Å². The number of nitrogens with zero attached hydrogens (tertiary/aromatic N) is 4. The number of phenols is 1. The van der Waals surface area contributed by atoms with Crippen molar-refractivity contribution >= 4 is 52.1 Å². The normalized spacial score (nSPS) is 12.0. The van der Waals surface area contributed by atoms with Crippen LogP contribution in [0.15, 0.2) is 74.7 Å². The number of hydrogen-bond acceptors (Lipinski definition) is 7. The summed E-state index contributed by atoms with van der Waals surface area (Å²) in [5, 5.41) is 28.3. The van der Waals surface area contributed by atoms with Crippen LogP contribution in [0.25, 0.3) is 11.5 Å². The topological polar surface area (TPSA) is 106 Å². The van der Waals surface area contributed by atoms with Gasteiger partial charge in [0.2, 0.25) is 10.6 Å². The SMILES string of the molecule is O=[N+]([O-])c1cc(Cl)cc(C=Nn2c(-c3ccco3)csc2=Nc2ccc(Cl)cc2)c1O. The highest BCUT2D eigenvalue weighted by molar-refractivity contribution is 7.07. The number of aromatic nitrogens is 1. The predicted octanol–water partition coefficient (Wildman–Crippen LogP) is 5.84. The summed E-state index contributed by atoms with van der Waals surface area (Å²) in [7, 11) is 0. The van der Waals surface area contributed by atoms with Crippen molar-refractivity contribution in [2.75, 3.05) is 0 Å². The number of nitro benzene ring substituents is 1. The van der Waals surface area contributed by atoms with Gasteiger partial charge in [-0.2, -0.15) is 5.10 Å². The monoisotopic (exact) mass is 474 g/mol. The van der Waals surface area contributed by atoms with Crippen LogP contribution in [0.5, 0.6) is 5.75 Å². The van der Waals surface area contributed by atoms with Crippen molar-refractivity contribution < 1.29 is 14.4 Å². The minimum Gasteiger partial charge on any atom is -0.502 e. The molecule has 156 valence electrons. The lowest BCUT2D eigenvalue weighted by atomic mass is 10.2. The Kier molecular flexibility index (Phi) is 5.90. The van der Waals surface area contributed by atoms with Gasteiger partial charge in [0, 0.05) is 27.1 Å². The molecule has 0 saturated heterocycles. The Morgan fingerprint density at radius 1 is 1.16 bits per heavy atom. The van der Waals surface area contributed by atoms with Crippen molar-refractivity contribution in [1.29, 1.82) is 0 Å². The molecular formula is C20H12Cl2N4O4S. The summed E-state index contributed by atoms with van der Waals surface area (Å²) in [5.74, 6) is 0.0111. The first-order chi connectivity index (χ1) is 14.9. The van der Waals surface area contributed by atoms with Gasteiger partial charge in [-0.1, -0.05) is 23.2 Å². The Labute approximate surface area is 189 Å². The van der Waals surface area contributed by atoms with Crippen molar-refractivity contribution in [3.63, 3.8) is 0 Å². The van der Waals surface area contributed by atoms with E-state index in [1.54, 1.807) is 36.4 Å². The molecule has 0 aliphatic heterocycles. The van der Waals surface area contributed by atoms with Gasteiger partial charge >= 0.3 is 5.69 Å². The van der Waals surface area contributed by atoms with Gasteiger partial charge in [-0.05, 0) is 42.5 Å². The van der Waals surface area contributed by atoms with Gasteiger partial charge in [-0.15, -0.1) is 11.3 Å². The summed E-state index contributed by atoms with van der Waals surface area (Å²) in [6, 6.07) is 12.9. The molecule has 0 bridgehead atoms. The van der Waals surface area contributed by atoms with E-state index in [1.807, 2.05) is 5.38 Å². The van der Waals surface area contributed by atoms with Crippen LogP contribution in [0.1, 0.15) is 5.56 Å². The van der Waals surface area contributed by atoms with Crippen molar-refractivity contribution in [2.24, 2.45) is 10.1 Å². The number of rotatable bonds is 5. The quantitative estimate of drug-likeness (QED) is 0.222. The lowest BCUT2D eigenvalue weighted by Gasteiger charge is -2.03. The van der Waals surface area contributed by atoms with Crippen LogP contribution in [0.4, 0.5) is 11.4 Å². The van der Waals surface area contributed by atoms with Crippen molar-refractivity contribution in [2.45, 2.75) is 0 Å². The number of hydrogen-bond donors (Lipinski definition) is 1. The van der Waals surface area contributed by atoms with Crippen molar-refractivity contribution in [3.8, 4) is 17.2 Å². The third-order valence-corrected chi connectivity index (χ3v) is 5.39. The zero-order chi connectivity index (χ0) is 22.0. The van der Waals surface area contributed by atoms with Crippen molar-refractivity contribution in [3.05, 3.63) is 90.7 Å².